The van der Waals surface area contributed by atoms with Gasteiger partial charge in [-0.1, -0.05) is 6.07 Å². The van der Waals surface area contributed by atoms with Crippen molar-refractivity contribution in [2.24, 2.45) is 0 Å². The standard InChI is InChI=1S/C16H19FN4/c17-14-5-3-4-13-15(14)18-11-19-16(13)21-9-6-12(10-21)20-7-1-2-8-20/h3-5,11-12H,1-2,6-10H2. The van der Waals surface area contributed by atoms with E-state index in [1.807, 2.05) is 6.07 Å². The lowest BCUT2D eigenvalue weighted by atomic mass is 10.2. The number of likely N-dealkylation sites (tertiary alicyclic amines) is 1. The molecule has 2 fully saturated rings. The molecular weight excluding hydrogens is 267 g/mol. The van der Waals surface area contributed by atoms with Gasteiger partial charge >= 0.3 is 0 Å². The summed E-state index contributed by atoms with van der Waals surface area (Å²) in [6, 6.07) is 5.72. The van der Waals surface area contributed by atoms with E-state index < -0.39 is 0 Å². The van der Waals surface area contributed by atoms with Gasteiger partial charge < -0.3 is 4.90 Å². The molecule has 2 aliphatic rings. The van der Waals surface area contributed by atoms with Crippen LogP contribution in [0.1, 0.15) is 19.3 Å². The second-order valence-corrected chi connectivity index (χ2v) is 5.96. The van der Waals surface area contributed by atoms with Crippen LogP contribution < -0.4 is 4.90 Å². The molecule has 5 heteroatoms. The molecule has 1 aromatic heterocycles. The summed E-state index contributed by atoms with van der Waals surface area (Å²) in [6.07, 6.45) is 5.28. The highest BCUT2D eigenvalue weighted by Gasteiger charge is 2.30. The third-order valence-corrected chi connectivity index (χ3v) is 4.71. The molecule has 110 valence electrons. The molecular formula is C16H19FN4. The summed E-state index contributed by atoms with van der Waals surface area (Å²) in [5.74, 6) is 0.604. The normalized spacial score (nSPS) is 23.3. The first-order valence-corrected chi connectivity index (χ1v) is 7.71. The van der Waals surface area contributed by atoms with E-state index in [4.69, 9.17) is 0 Å². The average Bonchev–Trinajstić information content (AvgIpc) is 3.18. The molecule has 1 aromatic carbocycles. The number of para-hydroxylation sites is 1. The van der Waals surface area contributed by atoms with Gasteiger partial charge in [-0.05, 0) is 44.5 Å². The molecule has 0 spiro atoms. The van der Waals surface area contributed by atoms with Crippen LogP contribution >= 0.6 is 0 Å². The SMILES string of the molecule is Fc1cccc2c(N3CCC(N4CCCC4)C3)ncnc12. The minimum Gasteiger partial charge on any atom is -0.354 e. The van der Waals surface area contributed by atoms with E-state index in [-0.39, 0.29) is 5.82 Å². The third kappa shape index (κ3) is 2.25. The van der Waals surface area contributed by atoms with Gasteiger partial charge in [0.15, 0.2) is 0 Å². The van der Waals surface area contributed by atoms with Crippen LogP contribution in [-0.2, 0) is 0 Å². The lowest BCUT2D eigenvalue weighted by Crippen LogP contribution is -2.35. The summed E-state index contributed by atoms with van der Waals surface area (Å²) < 4.78 is 13.9. The average molecular weight is 286 g/mol. The Hall–Kier alpha value is -1.75. The maximum atomic E-state index is 13.9. The van der Waals surface area contributed by atoms with Crippen LogP contribution in [0.4, 0.5) is 10.2 Å². The predicted octanol–water partition coefficient (Wildman–Crippen LogP) is 2.44. The molecule has 0 saturated carbocycles. The molecule has 0 N–H and O–H groups in total. The fourth-order valence-electron chi connectivity index (χ4n) is 3.63. The molecule has 2 saturated heterocycles. The van der Waals surface area contributed by atoms with Gasteiger partial charge in [0.1, 0.15) is 23.5 Å². The Kier molecular flexibility index (Phi) is 3.22. The number of halogens is 1. The number of hydrogen-bond donors (Lipinski definition) is 0. The minimum absolute atomic E-state index is 0.272. The summed E-state index contributed by atoms with van der Waals surface area (Å²) in [5, 5.41) is 0.819. The van der Waals surface area contributed by atoms with Crippen molar-refractivity contribution in [2.75, 3.05) is 31.1 Å². The van der Waals surface area contributed by atoms with Gasteiger partial charge in [0.25, 0.3) is 0 Å². The minimum atomic E-state index is -0.272. The molecule has 21 heavy (non-hydrogen) atoms. The number of anilines is 1. The monoisotopic (exact) mass is 286 g/mol. The molecule has 4 nitrogen and oxygen atoms in total. The van der Waals surface area contributed by atoms with Crippen LogP contribution in [0.2, 0.25) is 0 Å². The highest BCUT2D eigenvalue weighted by molar-refractivity contribution is 5.89. The molecule has 3 heterocycles. The van der Waals surface area contributed by atoms with Crippen LogP contribution in [-0.4, -0.2) is 47.1 Å². The first kappa shape index (κ1) is 13.0. The van der Waals surface area contributed by atoms with Gasteiger partial charge in [0.2, 0.25) is 0 Å². The number of aromatic nitrogens is 2. The van der Waals surface area contributed by atoms with E-state index in [0.717, 1.165) is 24.3 Å². The van der Waals surface area contributed by atoms with E-state index in [0.29, 0.717) is 11.6 Å². The van der Waals surface area contributed by atoms with E-state index in [2.05, 4.69) is 19.8 Å². The largest absolute Gasteiger partial charge is 0.354 e. The van der Waals surface area contributed by atoms with Gasteiger partial charge in [-0.25, -0.2) is 14.4 Å². The zero-order valence-electron chi connectivity index (χ0n) is 12.0. The molecule has 2 aliphatic heterocycles. The Labute approximate surface area is 123 Å². The number of fused-ring (bicyclic) bond motifs is 1. The van der Waals surface area contributed by atoms with Crippen molar-refractivity contribution in [1.82, 2.24) is 14.9 Å². The highest BCUT2D eigenvalue weighted by atomic mass is 19.1. The van der Waals surface area contributed by atoms with Gasteiger partial charge in [0.05, 0.1) is 0 Å². The molecule has 0 aliphatic carbocycles. The zero-order chi connectivity index (χ0) is 14.2. The third-order valence-electron chi connectivity index (χ3n) is 4.71. The summed E-state index contributed by atoms with van der Waals surface area (Å²) in [6.45, 7) is 4.42. The van der Waals surface area contributed by atoms with Crippen LogP contribution in [0.3, 0.4) is 0 Å². The zero-order valence-corrected chi connectivity index (χ0v) is 12.0. The maximum Gasteiger partial charge on any atom is 0.149 e. The predicted molar refractivity (Wildman–Crippen MR) is 80.9 cm³/mol. The lowest BCUT2D eigenvalue weighted by molar-refractivity contribution is 0.260. The van der Waals surface area contributed by atoms with E-state index in [9.17, 15) is 4.39 Å². The van der Waals surface area contributed by atoms with Crippen LogP contribution in [0.5, 0.6) is 0 Å². The van der Waals surface area contributed by atoms with Crippen molar-refractivity contribution in [2.45, 2.75) is 25.3 Å². The van der Waals surface area contributed by atoms with Crippen LogP contribution in [0, 0.1) is 5.82 Å². The van der Waals surface area contributed by atoms with Crippen molar-refractivity contribution in [3.05, 3.63) is 30.3 Å². The Balaban J connectivity index is 1.64. The van der Waals surface area contributed by atoms with Gasteiger partial charge in [-0.2, -0.15) is 0 Å². The van der Waals surface area contributed by atoms with Gasteiger partial charge in [-0.15, -0.1) is 0 Å². The lowest BCUT2D eigenvalue weighted by Gasteiger charge is -2.24. The summed E-state index contributed by atoms with van der Waals surface area (Å²) in [7, 11) is 0. The first-order chi connectivity index (χ1) is 10.3. The Morgan fingerprint density at radius 2 is 1.95 bits per heavy atom. The van der Waals surface area contributed by atoms with Crippen molar-refractivity contribution < 1.29 is 4.39 Å². The maximum absolute atomic E-state index is 13.9. The highest BCUT2D eigenvalue weighted by Crippen LogP contribution is 2.29. The Morgan fingerprint density at radius 3 is 2.81 bits per heavy atom. The Morgan fingerprint density at radius 1 is 1.10 bits per heavy atom. The molecule has 1 unspecified atom stereocenters. The van der Waals surface area contributed by atoms with E-state index in [1.54, 1.807) is 6.07 Å². The van der Waals surface area contributed by atoms with Crippen LogP contribution in [0.15, 0.2) is 24.5 Å². The summed E-state index contributed by atoms with van der Waals surface area (Å²) in [4.78, 5) is 13.4. The number of benzene rings is 1. The smallest absolute Gasteiger partial charge is 0.149 e. The second-order valence-electron chi connectivity index (χ2n) is 5.96. The van der Waals surface area contributed by atoms with Crippen LogP contribution in [0.25, 0.3) is 10.9 Å². The first-order valence-electron chi connectivity index (χ1n) is 7.71. The van der Waals surface area contributed by atoms with E-state index in [1.165, 1.54) is 44.7 Å². The molecule has 2 aromatic rings. The number of hydrogen-bond acceptors (Lipinski definition) is 4. The molecule has 0 bridgehead atoms. The number of rotatable bonds is 2. The topological polar surface area (TPSA) is 32.3 Å². The van der Waals surface area contributed by atoms with Gasteiger partial charge in [0, 0.05) is 24.5 Å². The second kappa shape index (κ2) is 5.22. The molecule has 4 rings (SSSR count). The fourth-order valence-corrected chi connectivity index (χ4v) is 3.63. The van der Waals surface area contributed by atoms with Crippen molar-refractivity contribution in [1.29, 1.82) is 0 Å². The summed E-state index contributed by atoms with van der Waals surface area (Å²) >= 11 is 0. The quantitative estimate of drug-likeness (QED) is 0.849. The molecule has 1 atom stereocenters. The molecule has 0 amide bonds. The summed E-state index contributed by atoms with van der Waals surface area (Å²) in [5.41, 5.74) is 0.423. The van der Waals surface area contributed by atoms with Crippen molar-refractivity contribution >= 4 is 16.7 Å². The van der Waals surface area contributed by atoms with E-state index >= 15 is 0 Å². The fraction of sp³-hybridized carbons (Fsp3) is 0.500. The number of nitrogens with zero attached hydrogens (tertiary/aromatic N) is 4. The van der Waals surface area contributed by atoms with Crippen molar-refractivity contribution in [3.63, 3.8) is 0 Å². The van der Waals surface area contributed by atoms with Crippen molar-refractivity contribution in [3.8, 4) is 0 Å². The van der Waals surface area contributed by atoms with Gasteiger partial charge in [-0.3, -0.25) is 4.90 Å². The molecule has 0 radical (unpaired) electrons. The Bertz CT molecular complexity index is 654.